The van der Waals surface area contributed by atoms with Gasteiger partial charge in [0.15, 0.2) is 0 Å². The van der Waals surface area contributed by atoms with E-state index >= 15 is 0 Å². The van der Waals surface area contributed by atoms with Crippen molar-refractivity contribution in [3.8, 4) is 5.88 Å². The first-order valence-corrected chi connectivity index (χ1v) is 6.92. The third-order valence-electron chi connectivity index (χ3n) is 2.88. The van der Waals surface area contributed by atoms with Gasteiger partial charge in [-0.15, -0.1) is 0 Å². The first-order chi connectivity index (χ1) is 9.60. The van der Waals surface area contributed by atoms with E-state index in [9.17, 15) is 4.79 Å². The van der Waals surface area contributed by atoms with Crippen LogP contribution in [0.15, 0.2) is 41.0 Å². The van der Waals surface area contributed by atoms with E-state index in [-0.39, 0.29) is 5.91 Å². The first-order valence-electron chi connectivity index (χ1n) is 6.13. The molecule has 1 amide bonds. The number of halogens is 1. The summed E-state index contributed by atoms with van der Waals surface area (Å²) in [6.07, 6.45) is 1.66. The van der Waals surface area contributed by atoms with Gasteiger partial charge >= 0.3 is 0 Å². The molecule has 0 atom stereocenters. The van der Waals surface area contributed by atoms with Crippen LogP contribution >= 0.6 is 15.9 Å². The van der Waals surface area contributed by atoms with Gasteiger partial charge in [-0.05, 0) is 42.3 Å². The van der Waals surface area contributed by atoms with Crippen LogP contribution in [0.4, 0.5) is 0 Å². The topological polar surface area (TPSA) is 51.2 Å². The molecule has 0 aliphatic carbocycles. The van der Waals surface area contributed by atoms with Gasteiger partial charge in [-0.1, -0.05) is 15.9 Å². The van der Waals surface area contributed by atoms with Crippen LogP contribution in [-0.4, -0.2) is 18.0 Å². The van der Waals surface area contributed by atoms with Gasteiger partial charge < -0.3 is 10.1 Å². The molecule has 1 heterocycles. The van der Waals surface area contributed by atoms with Crippen molar-refractivity contribution in [1.82, 2.24) is 10.3 Å². The molecule has 0 saturated carbocycles. The molecule has 4 nitrogen and oxygen atoms in total. The Bertz CT molecular complexity index is 629. The third-order valence-corrected chi connectivity index (χ3v) is 3.77. The van der Waals surface area contributed by atoms with Crippen LogP contribution in [-0.2, 0) is 6.54 Å². The quantitative estimate of drug-likeness (QED) is 0.934. The fraction of sp³-hybridized carbons (Fsp3) is 0.200. The maximum atomic E-state index is 12.1. The Morgan fingerprint density at radius 1 is 1.35 bits per heavy atom. The van der Waals surface area contributed by atoms with Crippen molar-refractivity contribution >= 4 is 21.8 Å². The smallest absolute Gasteiger partial charge is 0.251 e. The van der Waals surface area contributed by atoms with E-state index in [2.05, 4.69) is 26.2 Å². The van der Waals surface area contributed by atoms with Crippen LogP contribution in [0.1, 0.15) is 21.5 Å². The predicted molar refractivity (Wildman–Crippen MR) is 80.8 cm³/mol. The fourth-order valence-electron chi connectivity index (χ4n) is 1.74. The second-order valence-electron chi connectivity index (χ2n) is 4.35. The SMILES string of the molecule is COc1cc(CNC(=O)c2ccc(Br)c(C)c2)ccn1. The fourth-order valence-corrected chi connectivity index (χ4v) is 1.99. The van der Waals surface area contributed by atoms with Gasteiger partial charge in [0, 0.05) is 28.8 Å². The van der Waals surface area contributed by atoms with Gasteiger partial charge in [-0.3, -0.25) is 4.79 Å². The highest BCUT2D eigenvalue weighted by Crippen LogP contribution is 2.17. The number of benzene rings is 1. The highest BCUT2D eigenvalue weighted by molar-refractivity contribution is 9.10. The molecule has 0 spiro atoms. The molecule has 2 rings (SSSR count). The average molecular weight is 335 g/mol. The maximum absolute atomic E-state index is 12.1. The Morgan fingerprint density at radius 3 is 2.85 bits per heavy atom. The molecule has 5 heteroatoms. The van der Waals surface area contributed by atoms with Crippen LogP contribution in [0, 0.1) is 6.92 Å². The lowest BCUT2D eigenvalue weighted by Gasteiger charge is -2.07. The Hall–Kier alpha value is -1.88. The molecular weight excluding hydrogens is 320 g/mol. The van der Waals surface area contributed by atoms with Crippen LogP contribution in [0.3, 0.4) is 0 Å². The van der Waals surface area contributed by atoms with Gasteiger partial charge in [0.05, 0.1) is 7.11 Å². The molecule has 0 unspecified atom stereocenters. The van der Waals surface area contributed by atoms with Crippen molar-refractivity contribution in [3.63, 3.8) is 0 Å². The number of nitrogens with zero attached hydrogens (tertiary/aromatic N) is 1. The molecular formula is C15H15BrN2O2. The molecule has 0 fully saturated rings. The zero-order valence-electron chi connectivity index (χ0n) is 11.3. The number of pyridine rings is 1. The molecule has 0 bridgehead atoms. The summed E-state index contributed by atoms with van der Waals surface area (Å²) in [7, 11) is 1.56. The number of aryl methyl sites for hydroxylation is 1. The highest BCUT2D eigenvalue weighted by atomic mass is 79.9. The summed E-state index contributed by atoms with van der Waals surface area (Å²) in [5, 5.41) is 2.88. The second-order valence-corrected chi connectivity index (χ2v) is 5.21. The summed E-state index contributed by atoms with van der Waals surface area (Å²) in [6, 6.07) is 9.16. The summed E-state index contributed by atoms with van der Waals surface area (Å²) < 4.78 is 6.04. The van der Waals surface area contributed by atoms with Gasteiger partial charge in [0.1, 0.15) is 0 Å². The minimum absolute atomic E-state index is 0.101. The van der Waals surface area contributed by atoms with Crippen molar-refractivity contribution in [2.45, 2.75) is 13.5 Å². The molecule has 2 aromatic rings. The molecule has 1 N–H and O–H groups in total. The molecule has 0 aliphatic heterocycles. The van der Waals surface area contributed by atoms with Crippen molar-refractivity contribution in [1.29, 1.82) is 0 Å². The van der Waals surface area contributed by atoms with E-state index in [1.165, 1.54) is 0 Å². The van der Waals surface area contributed by atoms with Gasteiger partial charge in [-0.2, -0.15) is 0 Å². The Labute approximate surface area is 126 Å². The van der Waals surface area contributed by atoms with Crippen molar-refractivity contribution in [3.05, 3.63) is 57.7 Å². The second kappa shape index (κ2) is 6.52. The molecule has 0 aliphatic rings. The molecule has 1 aromatic heterocycles. The Kier molecular flexibility index (Phi) is 4.74. The molecule has 20 heavy (non-hydrogen) atoms. The normalized spacial score (nSPS) is 10.2. The summed E-state index contributed by atoms with van der Waals surface area (Å²) in [4.78, 5) is 16.1. The number of amides is 1. The standard InChI is InChI=1S/C15H15BrN2O2/c1-10-7-12(3-4-13(10)16)15(19)18-9-11-5-6-17-14(8-11)20-2/h3-8H,9H2,1-2H3,(H,18,19). The lowest BCUT2D eigenvalue weighted by molar-refractivity contribution is 0.0950. The molecule has 0 radical (unpaired) electrons. The number of carbonyl (C=O) groups is 1. The number of ether oxygens (including phenoxy) is 1. The highest BCUT2D eigenvalue weighted by Gasteiger charge is 2.07. The maximum Gasteiger partial charge on any atom is 0.251 e. The van der Waals surface area contributed by atoms with E-state index in [0.29, 0.717) is 18.0 Å². The number of methoxy groups -OCH3 is 1. The van der Waals surface area contributed by atoms with E-state index in [1.807, 2.05) is 25.1 Å². The number of nitrogens with one attached hydrogen (secondary N) is 1. The molecule has 1 aromatic carbocycles. The zero-order valence-corrected chi connectivity index (χ0v) is 12.9. The van der Waals surface area contributed by atoms with E-state index < -0.39 is 0 Å². The number of hydrogen-bond acceptors (Lipinski definition) is 3. The monoisotopic (exact) mass is 334 g/mol. The number of aromatic nitrogens is 1. The van der Waals surface area contributed by atoms with Gasteiger partial charge in [-0.25, -0.2) is 4.98 Å². The van der Waals surface area contributed by atoms with E-state index in [1.54, 1.807) is 25.4 Å². The molecule has 0 saturated heterocycles. The lowest BCUT2D eigenvalue weighted by atomic mass is 10.1. The van der Waals surface area contributed by atoms with Crippen LogP contribution < -0.4 is 10.1 Å². The summed E-state index contributed by atoms with van der Waals surface area (Å²) in [6.45, 7) is 2.39. The molecule has 104 valence electrons. The van der Waals surface area contributed by atoms with Crippen LogP contribution in [0.2, 0.25) is 0 Å². The first kappa shape index (κ1) is 14.5. The van der Waals surface area contributed by atoms with Crippen LogP contribution in [0.5, 0.6) is 5.88 Å². The zero-order chi connectivity index (χ0) is 14.5. The lowest BCUT2D eigenvalue weighted by Crippen LogP contribution is -2.22. The van der Waals surface area contributed by atoms with E-state index in [0.717, 1.165) is 15.6 Å². The van der Waals surface area contributed by atoms with Crippen LogP contribution in [0.25, 0.3) is 0 Å². The Balaban J connectivity index is 2.02. The summed E-state index contributed by atoms with van der Waals surface area (Å²) in [5.74, 6) is 0.438. The van der Waals surface area contributed by atoms with Crippen molar-refractivity contribution in [2.75, 3.05) is 7.11 Å². The minimum atomic E-state index is -0.101. The summed E-state index contributed by atoms with van der Waals surface area (Å²) >= 11 is 3.42. The number of hydrogen-bond donors (Lipinski definition) is 1. The van der Waals surface area contributed by atoms with Gasteiger partial charge in [0.25, 0.3) is 5.91 Å². The average Bonchev–Trinajstić information content (AvgIpc) is 2.47. The number of carbonyl (C=O) groups excluding carboxylic acids is 1. The third kappa shape index (κ3) is 3.57. The van der Waals surface area contributed by atoms with E-state index in [4.69, 9.17) is 4.74 Å². The predicted octanol–water partition coefficient (Wildman–Crippen LogP) is 3.09. The summed E-state index contributed by atoms with van der Waals surface area (Å²) in [5.41, 5.74) is 2.62. The largest absolute Gasteiger partial charge is 0.481 e. The van der Waals surface area contributed by atoms with Crippen molar-refractivity contribution in [2.24, 2.45) is 0 Å². The minimum Gasteiger partial charge on any atom is -0.481 e. The number of rotatable bonds is 4. The van der Waals surface area contributed by atoms with Crippen molar-refractivity contribution < 1.29 is 9.53 Å². The van der Waals surface area contributed by atoms with Gasteiger partial charge in [0.2, 0.25) is 5.88 Å². The Morgan fingerprint density at radius 2 is 2.15 bits per heavy atom.